The van der Waals surface area contributed by atoms with Gasteiger partial charge in [0.1, 0.15) is 18.2 Å². The summed E-state index contributed by atoms with van der Waals surface area (Å²) in [6, 6.07) is 7.86. The average molecular weight is 606 g/mol. The third kappa shape index (κ3) is 6.01. The number of carbonyl (C=O) groups excluding carboxylic acids is 1. The molecule has 232 valence electrons. The summed E-state index contributed by atoms with van der Waals surface area (Å²) in [5.41, 5.74) is 13.8. The van der Waals surface area contributed by atoms with Gasteiger partial charge in [-0.25, -0.2) is 14.1 Å². The molecule has 1 unspecified atom stereocenters. The zero-order chi connectivity index (χ0) is 30.8. The number of nitrogens with zero attached hydrogens (tertiary/aromatic N) is 8. The number of anilines is 2. The molecule has 44 heavy (non-hydrogen) atoms. The van der Waals surface area contributed by atoms with E-state index in [0.717, 1.165) is 25.0 Å². The summed E-state index contributed by atoms with van der Waals surface area (Å²) in [5.74, 6) is 1.07. The van der Waals surface area contributed by atoms with Crippen molar-refractivity contribution < 1.29 is 18.3 Å². The fraction of sp³-hybridized carbons (Fsp3) is 0.414. The summed E-state index contributed by atoms with van der Waals surface area (Å²) >= 11 is 0. The van der Waals surface area contributed by atoms with Crippen LogP contribution in [0.4, 0.5) is 16.0 Å². The lowest BCUT2D eigenvalue weighted by molar-refractivity contribution is -0.123. The van der Waals surface area contributed by atoms with Gasteiger partial charge in [-0.2, -0.15) is 14.6 Å². The number of nitrogen functional groups attached to an aromatic ring is 1. The number of nitrogens with two attached hydrogens (primary N) is 2. The van der Waals surface area contributed by atoms with Gasteiger partial charge in [-0.3, -0.25) is 9.69 Å². The zero-order valence-electron chi connectivity index (χ0n) is 24.7. The van der Waals surface area contributed by atoms with E-state index < -0.39 is 6.04 Å². The Morgan fingerprint density at radius 3 is 2.68 bits per heavy atom. The molecule has 0 aliphatic carbocycles. The Labute approximate surface area is 252 Å². The number of hydrogen-bond donors (Lipinski definition) is 3. The van der Waals surface area contributed by atoms with E-state index in [9.17, 15) is 4.79 Å². The normalized spacial score (nSPS) is 15.0. The maximum Gasteiger partial charge on any atom is 0.237 e. The van der Waals surface area contributed by atoms with Crippen molar-refractivity contribution in [3.05, 3.63) is 48.6 Å². The molecule has 5 N–H and O–H groups in total. The van der Waals surface area contributed by atoms with Gasteiger partial charge in [0.15, 0.2) is 17.1 Å². The van der Waals surface area contributed by atoms with Gasteiger partial charge in [-0.15, -0.1) is 5.10 Å². The topological polar surface area (TPSA) is 171 Å². The SMILES string of the molecule is CC(C)C(N)C(=O)NCCOc1ccc(N2CCN(CCn3ncc4c3nc(N)n3nc(-c5ccco5)nc43)CC2)c(F)c1. The lowest BCUT2D eigenvalue weighted by Gasteiger charge is -2.36. The van der Waals surface area contributed by atoms with Crippen molar-refractivity contribution in [1.29, 1.82) is 0 Å². The van der Waals surface area contributed by atoms with Crippen molar-refractivity contribution in [3.63, 3.8) is 0 Å². The Balaban J connectivity index is 1.01. The number of aromatic nitrogens is 6. The number of hydrogen-bond acceptors (Lipinski definition) is 11. The number of nitrogens with one attached hydrogen (secondary N) is 1. The van der Waals surface area contributed by atoms with Crippen LogP contribution in [0.25, 0.3) is 28.3 Å². The predicted molar refractivity (Wildman–Crippen MR) is 163 cm³/mol. The number of rotatable bonds is 11. The summed E-state index contributed by atoms with van der Waals surface area (Å²) in [5, 5.41) is 12.5. The summed E-state index contributed by atoms with van der Waals surface area (Å²) in [6.07, 6.45) is 3.29. The van der Waals surface area contributed by atoms with Crippen LogP contribution in [0.5, 0.6) is 5.75 Å². The predicted octanol–water partition coefficient (Wildman–Crippen LogP) is 1.76. The lowest BCUT2D eigenvalue weighted by atomic mass is 10.1. The minimum Gasteiger partial charge on any atom is -0.492 e. The van der Waals surface area contributed by atoms with Crippen LogP contribution in [0.1, 0.15) is 13.8 Å². The molecule has 1 fully saturated rings. The van der Waals surface area contributed by atoms with E-state index >= 15 is 4.39 Å². The van der Waals surface area contributed by atoms with E-state index in [2.05, 4.69) is 30.4 Å². The highest BCUT2D eigenvalue weighted by molar-refractivity contribution is 5.90. The van der Waals surface area contributed by atoms with Crippen LogP contribution in [-0.4, -0.2) is 92.1 Å². The first kappa shape index (κ1) is 29.3. The Bertz CT molecular complexity index is 1740. The van der Waals surface area contributed by atoms with Crippen molar-refractivity contribution in [3.8, 4) is 17.3 Å². The number of amides is 1. The molecule has 1 amide bonds. The van der Waals surface area contributed by atoms with E-state index in [-0.39, 0.29) is 30.2 Å². The van der Waals surface area contributed by atoms with Crippen molar-refractivity contribution in [1.82, 2.24) is 39.6 Å². The largest absolute Gasteiger partial charge is 0.492 e. The number of carbonyl (C=O) groups is 1. The summed E-state index contributed by atoms with van der Waals surface area (Å²) in [6.45, 7) is 8.54. The van der Waals surface area contributed by atoms with E-state index in [1.54, 1.807) is 36.7 Å². The first-order chi connectivity index (χ1) is 21.3. The molecule has 1 aliphatic rings. The molecule has 0 bridgehead atoms. The molecule has 5 heterocycles. The van der Waals surface area contributed by atoms with Crippen molar-refractivity contribution >= 4 is 34.2 Å². The quantitative estimate of drug-likeness (QED) is 0.187. The second-order valence-electron chi connectivity index (χ2n) is 11.1. The van der Waals surface area contributed by atoms with Crippen LogP contribution < -0.4 is 26.4 Å². The highest BCUT2D eigenvalue weighted by Gasteiger charge is 2.22. The first-order valence-electron chi connectivity index (χ1n) is 14.6. The second-order valence-corrected chi connectivity index (χ2v) is 11.1. The number of benzene rings is 1. The molecule has 0 saturated carbocycles. The summed E-state index contributed by atoms with van der Waals surface area (Å²) < 4.78 is 29.4. The molecular weight excluding hydrogens is 569 g/mol. The molecular formula is C29H36FN11O3. The maximum absolute atomic E-state index is 15.0. The third-order valence-corrected chi connectivity index (χ3v) is 7.79. The van der Waals surface area contributed by atoms with Crippen molar-refractivity contribution in [2.24, 2.45) is 11.7 Å². The van der Waals surface area contributed by atoms with Gasteiger partial charge < -0.3 is 30.8 Å². The van der Waals surface area contributed by atoms with Crippen LogP contribution in [0.15, 0.2) is 47.2 Å². The highest BCUT2D eigenvalue weighted by atomic mass is 19.1. The fourth-order valence-corrected chi connectivity index (χ4v) is 5.18. The van der Waals surface area contributed by atoms with Crippen LogP contribution in [0, 0.1) is 11.7 Å². The van der Waals surface area contributed by atoms with Gasteiger partial charge >= 0.3 is 0 Å². The third-order valence-electron chi connectivity index (χ3n) is 7.79. The van der Waals surface area contributed by atoms with Crippen LogP contribution >= 0.6 is 0 Å². The molecule has 4 aromatic heterocycles. The molecule has 1 aromatic carbocycles. The number of halogens is 1. The number of ether oxygens (including phenoxy) is 1. The van der Waals surface area contributed by atoms with E-state index in [4.69, 9.17) is 20.6 Å². The molecule has 6 rings (SSSR count). The van der Waals surface area contributed by atoms with Gasteiger partial charge in [0.2, 0.25) is 17.7 Å². The number of fused-ring (bicyclic) bond motifs is 3. The minimum absolute atomic E-state index is 0.0451. The van der Waals surface area contributed by atoms with Crippen molar-refractivity contribution in [2.45, 2.75) is 26.4 Å². The Morgan fingerprint density at radius 1 is 1.14 bits per heavy atom. The summed E-state index contributed by atoms with van der Waals surface area (Å²) in [7, 11) is 0. The Hall–Kier alpha value is -4.76. The van der Waals surface area contributed by atoms with E-state index in [1.807, 2.05) is 23.4 Å². The Morgan fingerprint density at radius 2 is 1.95 bits per heavy atom. The minimum atomic E-state index is -0.567. The van der Waals surface area contributed by atoms with Gasteiger partial charge in [0, 0.05) is 38.8 Å². The van der Waals surface area contributed by atoms with Crippen LogP contribution in [0.2, 0.25) is 0 Å². The molecule has 1 atom stereocenters. The molecule has 5 aromatic rings. The fourth-order valence-electron chi connectivity index (χ4n) is 5.18. The highest BCUT2D eigenvalue weighted by Crippen LogP contribution is 2.26. The molecule has 1 aliphatic heterocycles. The van der Waals surface area contributed by atoms with Crippen molar-refractivity contribution in [2.75, 3.05) is 56.5 Å². The van der Waals surface area contributed by atoms with Gasteiger partial charge in [0.05, 0.1) is 42.7 Å². The van der Waals surface area contributed by atoms with Crippen LogP contribution in [0.3, 0.4) is 0 Å². The second kappa shape index (κ2) is 12.5. The first-order valence-corrected chi connectivity index (χ1v) is 14.6. The average Bonchev–Trinajstić information content (AvgIpc) is 3.78. The van der Waals surface area contributed by atoms with Gasteiger partial charge in [-0.05, 0) is 30.2 Å². The number of furan rings is 1. The molecule has 0 spiro atoms. The smallest absolute Gasteiger partial charge is 0.237 e. The van der Waals surface area contributed by atoms with E-state index in [1.165, 1.54) is 10.6 Å². The Kier molecular flexibility index (Phi) is 8.30. The van der Waals surface area contributed by atoms with Gasteiger partial charge in [0.25, 0.3) is 0 Å². The van der Waals surface area contributed by atoms with Gasteiger partial charge in [-0.1, -0.05) is 13.8 Å². The molecule has 1 saturated heterocycles. The standard InChI is InChI=1S/C29H36FN11O3/c1-18(2)24(31)28(42)33-7-15-43-19-5-6-22(21(30)16-19)39-11-8-38(9-12-39)10-13-40-26-20(17-34-40)27-35-25(23-4-3-14-44-23)37-41(27)29(32)36-26/h3-6,14,16-18,24H,7-13,15,31H2,1-2H3,(H2,32,36)(H,33,42). The number of piperazine rings is 1. The summed E-state index contributed by atoms with van der Waals surface area (Å²) in [4.78, 5) is 25.4. The lowest BCUT2D eigenvalue weighted by Crippen LogP contribution is -2.47. The molecule has 14 nitrogen and oxygen atoms in total. The maximum atomic E-state index is 15.0. The monoisotopic (exact) mass is 605 g/mol. The zero-order valence-corrected chi connectivity index (χ0v) is 24.7. The van der Waals surface area contributed by atoms with Crippen LogP contribution in [-0.2, 0) is 11.3 Å². The van der Waals surface area contributed by atoms with E-state index in [0.29, 0.717) is 60.5 Å². The molecule has 0 radical (unpaired) electrons. The molecule has 15 heteroatoms.